The number of benzene rings is 2. The van der Waals surface area contributed by atoms with Gasteiger partial charge >= 0.3 is 5.97 Å². The summed E-state index contributed by atoms with van der Waals surface area (Å²) < 4.78 is 32.7. The molecule has 0 aliphatic heterocycles. The van der Waals surface area contributed by atoms with Gasteiger partial charge in [0.2, 0.25) is 0 Å². The lowest BCUT2D eigenvalue weighted by molar-refractivity contribution is 0.0505. The van der Waals surface area contributed by atoms with Crippen LogP contribution in [0.3, 0.4) is 0 Å². The third kappa shape index (κ3) is 4.20. The highest BCUT2D eigenvalue weighted by Gasteiger charge is 2.26. The van der Waals surface area contributed by atoms with Gasteiger partial charge in [-0.1, -0.05) is 31.2 Å². The number of hydrogen-bond acceptors (Lipinski definition) is 4. The van der Waals surface area contributed by atoms with Crippen molar-refractivity contribution < 1.29 is 17.9 Å². The zero-order chi connectivity index (χ0) is 18.4. The van der Waals surface area contributed by atoms with Gasteiger partial charge in [-0.15, -0.1) is 0 Å². The smallest absolute Gasteiger partial charge is 0.338 e. The number of anilines is 1. The SMILES string of the molecule is CCCOC(=O)c1ccc(C)c(S(=O)(=O)N(CC)c2ccccc2)c1. The van der Waals surface area contributed by atoms with E-state index in [1.807, 2.05) is 13.0 Å². The average Bonchev–Trinajstić information content (AvgIpc) is 2.61. The van der Waals surface area contributed by atoms with Crippen molar-refractivity contribution in [3.05, 3.63) is 59.7 Å². The molecule has 0 N–H and O–H groups in total. The summed E-state index contributed by atoms with van der Waals surface area (Å²) in [5.74, 6) is -0.513. The van der Waals surface area contributed by atoms with Crippen molar-refractivity contribution >= 4 is 21.7 Å². The number of carbonyl (C=O) groups is 1. The molecule has 0 radical (unpaired) electrons. The maximum Gasteiger partial charge on any atom is 0.338 e. The van der Waals surface area contributed by atoms with Gasteiger partial charge in [-0.2, -0.15) is 0 Å². The Morgan fingerprint density at radius 2 is 1.76 bits per heavy atom. The van der Waals surface area contributed by atoms with Gasteiger partial charge in [-0.05, 0) is 50.1 Å². The molecular formula is C19H23NO4S. The van der Waals surface area contributed by atoms with Crippen molar-refractivity contribution in [3.8, 4) is 0 Å². The van der Waals surface area contributed by atoms with Gasteiger partial charge < -0.3 is 4.74 Å². The van der Waals surface area contributed by atoms with Gasteiger partial charge in [0.05, 0.1) is 22.8 Å². The van der Waals surface area contributed by atoms with Crippen molar-refractivity contribution in [3.63, 3.8) is 0 Å². The van der Waals surface area contributed by atoms with Crippen LogP contribution in [0.4, 0.5) is 5.69 Å². The van der Waals surface area contributed by atoms with Crippen LogP contribution < -0.4 is 4.31 Å². The topological polar surface area (TPSA) is 63.7 Å². The monoisotopic (exact) mass is 361 g/mol. The molecule has 0 aromatic heterocycles. The minimum atomic E-state index is -3.79. The maximum absolute atomic E-state index is 13.1. The molecule has 6 heteroatoms. The number of carbonyl (C=O) groups excluding carboxylic acids is 1. The Balaban J connectivity index is 2.46. The third-order valence-electron chi connectivity index (χ3n) is 3.76. The maximum atomic E-state index is 13.1. The molecule has 2 aromatic rings. The van der Waals surface area contributed by atoms with Gasteiger partial charge in [0.25, 0.3) is 10.0 Å². The van der Waals surface area contributed by atoms with E-state index >= 15 is 0 Å². The predicted molar refractivity (Wildman–Crippen MR) is 98.4 cm³/mol. The van der Waals surface area contributed by atoms with Crippen LogP contribution in [0.5, 0.6) is 0 Å². The Kier molecular flexibility index (Phi) is 6.20. The molecule has 134 valence electrons. The Labute approximate surface area is 149 Å². The molecule has 0 spiro atoms. The van der Waals surface area contributed by atoms with E-state index in [1.165, 1.54) is 10.4 Å². The lowest BCUT2D eigenvalue weighted by atomic mass is 10.1. The second-order valence-electron chi connectivity index (χ2n) is 5.62. The highest BCUT2D eigenvalue weighted by Crippen LogP contribution is 2.26. The fraction of sp³-hybridized carbons (Fsp3) is 0.316. The zero-order valence-electron chi connectivity index (χ0n) is 14.7. The standard InChI is InChI=1S/C19H23NO4S/c1-4-13-24-19(21)16-12-11-15(3)18(14-16)25(22,23)20(5-2)17-9-7-6-8-10-17/h6-12,14H,4-5,13H2,1-3H3. The summed E-state index contributed by atoms with van der Waals surface area (Å²) in [6.07, 6.45) is 0.709. The summed E-state index contributed by atoms with van der Waals surface area (Å²) in [6, 6.07) is 13.5. The lowest BCUT2D eigenvalue weighted by Gasteiger charge is -2.24. The van der Waals surface area contributed by atoms with Crippen LogP contribution >= 0.6 is 0 Å². The quantitative estimate of drug-likeness (QED) is 0.704. The summed E-state index contributed by atoms with van der Waals surface area (Å²) in [5, 5.41) is 0. The predicted octanol–water partition coefficient (Wildman–Crippen LogP) is 3.78. The van der Waals surface area contributed by atoms with Crippen LogP contribution in [-0.2, 0) is 14.8 Å². The van der Waals surface area contributed by atoms with E-state index in [9.17, 15) is 13.2 Å². The fourth-order valence-corrected chi connectivity index (χ4v) is 4.21. The second-order valence-corrected chi connectivity index (χ2v) is 7.45. The number of nitrogens with zero attached hydrogens (tertiary/aromatic N) is 1. The van der Waals surface area contributed by atoms with Crippen molar-refractivity contribution in [2.24, 2.45) is 0 Å². The fourth-order valence-electron chi connectivity index (χ4n) is 2.49. The van der Waals surface area contributed by atoms with Crippen LogP contribution in [-0.4, -0.2) is 27.5 Å². The minimum Gasteiger partial charge on any atom is -0.462 e. The third-order valence-corrected chi connectivity index (χ3v) is 5.81. The molecule has 0 amide bonds. The van der Waals surface area contributed by atoms with E-state index in [2.05, 4.69) is 0 Å². The Bertz CT molecular complexity index is 832. The van der Waals surface area contributed by atoms with Crippen LogP contribution in [0.15, 0.2) is 53.4 Å². The van der Waals surface area contributed by atoms with E-state index in [0.717, 1.165) is 0 Å². The van der Waals surface area contributed by atoms with Crippen LogP contribution in [0.25, 0.3) is 0 Å². The molecule has 0 heterocycles. The van der Waals surface area contributed by atoms with E-state index in [-0.39, 0.29) is 17.0 Å². The number of sulfonamides is 1. The number of rotatable bonds is 7. The average molecular weight is 361 g/mol. The normalized spacial score (nSPS) is 11.2. The Morgan fingerprint density at radius 1 is 1.08 bits per heavy atom. The molecule has 0 fully saturated rings. The van der Waals surface area contributed by atoms with Gasteiger partial charge in [0, 0.05) is 6.54 Å². The molecular weight excluding hydrogens is 338 g/mol. The van der Waals surface area contributed by atoms with E-state index in [0.29, 0.717) is 24.3 Å². The summed E-state index contributed by atoms with van der Waals surface area (Å²) >= 11 is 0. The Morgan fingerprint density at radius 3 is 2.36 bits per heavy atom. The van der Waals surface area contributed by atoms with Crippen molar-refractivity contribution in [2.75, 3.05) is 17.5 Å². The molecule has 25 heavy (non-hydrogen) atoms. The lowest BCUT2D eigenvalue weighted by Crippen LogP contribution is -2.31. The first-order valence-corrected chi connectivity index (χ1v) is 9.71. The van der Waals surface area contributed by atoms with Crippen LogP contribution in [0, 0.1) is 6.92 Å². The zero-order valence-corrected chi connectivity index (χ0v) is 15.5. The van der Waals surface area contributed by atoms with Gasteiger partial charge in [-0.3, -0.25) is 4.31 Å². The molecule has 0 aliphatic carbocycles. The number of para-hydroxylation sites is 1. The first-order valence-electron chi connectivity index (χ1n) is 8.27. The molecule has 2 rings (SSSR count). The van der Waals surface area contributed by atoms with Gasteiger partial charge in [0.15, 0.2) is 0 Å². The van der Waals surface area contributed by atoms with Crippen LogP contribution in [0.2, 0.25) is 0 Å². The van der Waals surface area contributed by atoms with Crippen molar-refractivity contribution in [1.82, 2.24) is 0 Å². The first kappa shape index (κ1) is 19.0. The molecule has 0 atom stereocenters. The molecule has 0 saturated heterocycles. The van der Waals surface area contributed by atoms with E-state index in [1.54, 1.807) is 50.2 Å². The molecule has 0 bridgehead atoms. The van der Waals surface area contributed by atoms with Gasteiger partial charge in [0.1, 0.15) is 0 Å². The molecule has 5 nitrogen and oxygen atoms in total. The number of hydrogen-bond donors (Lipinski definition) is 0. The summed E-state index contributed by atoms with van der Waals surface area (Å²) in [4.78, 5) is 12.2. The second kappa shape index (κ2) is 8.16. The highest BCUT2D eigenvalue weighted by molar-refractivity contribution is 7.92. The number of esters is 1. The summed E-state index contributed by atoms with van der Waals surface area (Å²) in [6.45, 7) is 5.99. The van der Waals surface area contributed by atoms with Crippen molar-refractivity contribution in [1.29, 1.82) is 0 Å². The number of ether oxygens (including phenoxy) is 1. The Hall–Kier alpha value is -2.34. The highest BCUT2D eigenvalue weighted by atomic mass is 32.2. The number of aryl methyl sites for hydroxylation is 1. The largest absolute Gasteiger partial charge is 0.462 e. The van der Waals surface area contributed by atoms with E-state index in [4.69, 9.17) is 4.74 Å². The minimum absolute atomic E-state index is 0.115. The summed E-state index contributed by atoms with van der Waals surface area (Å²) in [7, 11) is -3.79. The molecule has 0 unspecified atom stereocenters. The summed E-state index contributed by atoms with van der Waals surface area (Å²) in [5.41, 5.74) is 1.41. The molecule has 0 saturated carbocycles. The van der Waals surface area contributed by atoms with Crippen molar-refractivity contribution in [2.45, 2.75) is 32.1 Å². The first-order chi connectivity index (χ1) is 11.9. The van der Waals surface area contributed by atoms with Gasteiger partial charge in [-0.25, -0.2) is 13.2 Å². The van der Waals surface area contributed by atoms with Crippen LogP contribution in [0.1, 0.15) is 36.2 Å². The molecule has 0 aliphatic rings. The van der Waals surface area contributed by atoms with E-state index < -0.39 is 16.0 Å². The molecule has 2 aromatic carbocycles.